The molecule has 0 atom stereocenters. The lowest BCUT2D eigenvalue weighted by Gasteiger charge is -2.01. The molecule has 0 aliphatic heterocycles. The van der Waals surface area contributed by atoms with Gasteiger partial charge in [-0.15, -0.1) is 0 Å². The third kappa shape index (κ3) is 2.98. The number of nitrogens with zero attached hydrogens (tertiary/aromatic N) is 4. The van der Waals surface area contributed by atoms with E-state index in [1.165, 1.54) is 0 Å². The van der Waals surface area contributed by atoms with E-state index in [2.05, 4.69) is 25.5 Å². The first kappa shape index (κ1) is 14.1. The zero-order chi connectivity index (χ0) is 16.2. The van der Waals surface area contributed by atoms with Crippen LogP contribution in [0.15, 0.2) is 76.6 Å². The molecule has 4 rings (SSSR count). The second-order valence-corrected chi connectivity index (χ2v) is 5.07. The Labute approximate surface area is 137 Å². The number of oxazole rings is 1. The van der Waals surface area contributed by atoms with Gasteiger partial charge in [0.25, 0.3) is 0 Å². The van der Waals surface area contributed by atoms with Crippen molar-refractivity contribution < 1.29 is 4.42 Å². The summed E-state index contributed by atoms with van der Waals surface area (Å²) >= 11 is 0. The molecule has 0 amide bonds. The van der Waals surface area contributed by atoms with Crippen LogP contribution >= 0.6 is 0 Å². The van der Waals surface area contributed by atoms with Crippen LogP contribution in [0.25, 0.3) is 22.7 Å². The molecule has 1 aromatic carbocycles. The van der Waals surface area contributed by atoms with Crippen LogP contribution in [0.4, 0.5) is 5.69 Å². The summed E-state index contributed by atoms with van der Waals surface area (Å²) in [4.78, 5) is 12.5. The Morgan fingerprint density at radius 3 is 2.58 bits per heavy atom. The van der Waals surface area contributed by atoms with Crippen LogP contribution in [0.5, 0.6) is 0 Å². The number of hydrazone groups is 1. The van der Waals surface area contributed by atoms with Crippen molar-refractivity contribution in [1.29, 1.82) is 0 Å². The maximum Gasteiger partial charge on any atom is 0.228 e. The minimum Gasteiger partial charge on any atom is -0.434 e. The average Bonchev–Trinajstić information content (AvgIpc) is 3.07. The monoisotopic (exact) mass is 315 g/mol. The van der Waals surface area contributed by atoms with Crippen LogP contribution in [0.3, 0.4) is 0 Å². The van der Waals surface area contributed by atoms with E-state index in [9.17, 15) is 0 Å². The molecule has 0 fully saturated rings. The van der Waals surface area contributed by atoms with E-state index >= 15 is 0 Å². The van der Waals surface area contributed by atoms with E-state index in [0.29, 0.717) is 17.1 Å². The van der Waals surface area contributed by atoms with Crippen molar-refractivity contribution in [2.75, 3.05) is 5.43 Å². The summed E-state index contributed by atoms with van der Waals surface area (Å²) in [7, 11) is 0. The van der Waals surface area contributed by atoms with Gasteiger partial charge in [-0.2, -0.15) is 10.1 Å². The number of fused-ring (bicyclic) bond motifs is 1. The highest BCUT2D eigenvalue weighted by atomic mass is 16.3. The first-order valence-electron chi connectivity index (χ1n) is 7.39. The first-order chi connectivity index (χ1) is 11.9. The minimum absolute atomic E-state index is 0.551. The van der Waals surface area contributed by atoms with Crippen LogP contribution in [-0.4, -0.2) is 21.2 Å². The fourth-order valence-corrected chi connectivity index (χ4v) is 2.21. The highest BCUT2D eigenvalue weighted by Gasteiger charge is 2.08. The van der Waals surface area contributed by atoms with Crippen molar-refractivity contribution in [2.24, 2.45) is 5.10 Å². The summed E-state index contributed by atoms with van der Waals surface area (Å²) in [5.41, 5.74) is 7.01. The molecule has 6 nitrogen and oxygen atoms in total. The van der Waals surface area contributed by atoms with E-state index in [4.69, 9.17) is 4.42 Å². The molecular formula is C18H13N5O. The number of nitrogens with one attached hydrogen (secondary N) is 1. The summed E-state index contributed by atoms with van der Waals surface area (Å²) in [5, 5.41) is 4.20. The van der Waals surface area contributed by atoms with Gasteiger partial charge >= 0.3 is 0 Å². The van der Waals surface area contributed by atoms with Crippen molar-refractivity contribution in [3.05, 3.63) is 72.7 Å². The van der Waals surface area contributed by atoms with Crippen molar-refractivity contribution in [3.8, 4) is 11.5 Å². The fraction of sp³-hybridized carbons (Fsp3) is 0. The molecule has 1 N–H and O–H groups in total. The van der Waals surface area contributed by atoms with E-state index in [1.54, 1.807) is 24.8 Å². The Bertz CT molecular complexity index is 944. The van der Waals surface area contributed by atoms with Crippen LogP contribution in [-0.2, 0) is 0 Å². The number of hydrogen-bond donors (Lipinski definition) is 1. The Morgan fingerprint density at radius 1 is 0.958 bits per heavy atom. The molecule has 24 heavy (non-hydrogen) atoms. The second-order valence-electron chi connectivity index (χ2n) is 5.07. The first-order valence-corrected chi connectivity index (χ1v) is 7.39. The summed E-state index contributed by atoms with van der Waals surface area (Å²) in [6.45, 7) is 0. The molecule has 0 radical (unpaired) electrons. The molecule has 3 heterocycles. The maximum atomic E-state index is 5.70. The SMILES string of the molecule is C(=NNc1ccc(-c2nc3ncccc3o2)cc1)c1ccncc1. The Morgan fingerprint density at radius 2 is 1.79 bits per heavy atom. The summed E-state index contributed by atoms with van der Waals surface area (Å²) in [6.07, 6.45) is 6.89. The normalized spacial score (nSPS) is 11.2. The van der Waals surface area contributed by atoms with Gasteiger partial charge in [-0.05, 0) is 54.1 Å². The molecule has 3 aromatic heterocycles. The number of aromatic nitrogens is 3. The smallest absolute Gasteiger partial charge is 0.228 e. The van der Waals surface area contributed by atoms with Gasteiger partial charge in [0.1, 0.15) is 0 Å². The third-order valence-electron chi connectivity index (χ3n) is 3.41. The van der Waals surface area contributed by atoms with E-state index in [-0.39, 0.29) is 0 Å². The van der Waals surface area contributed by atoms with Crippen molar-refractivity contribution in [3.63, 3.8) is 0 Å². The quantitative estimate of drug-likeness (QED) is 0.459. The van der Waals surface area contributed by atoms with Crippen molar-refractivity contribution in [1.82, 2.24) is 15.0 Å². The van der Waals surface area contributed by atoms with E-state index in [1.807, 2.05) is 48.5 Å². The highest BCUT2D eigenvalue weighted by Crippen LogP contribution is 2.24. The van der Waals surface area contributed by atoms with Gasteiger partial charge in [0.2, 0.25) is 5.89 Å². The second kappa shape index (κ2) is 6.29. The predicted molar refractivity (Wildman–Crippen MR) is 92.7 cm³/mol. The van der Waals surface area contributed by atoms with E-state index in [0.717, 1.165) is 16.8 Å². The molecule has 0 aliphatic rings. The Balaban J connectivity index is 1.49. The maximum absolute atomic E-state index is 5.70. The lowest BCUT2D eigenvalue weighted by atomic mass is 10.2. The number of hydrogen-bond acceptors (Lipinski definition) is 6. The molecule has 6 heteroatoms. The average molecular weight is 315 g/mol. The van der Waals surface area contributed by atoms with Gasteiger partial charge < -0.3 is 4.42 Å². The topological polar surface area (TPSA) is 76.2 Å². The predicted octanol–water partition coefficient (Wildman–Crippen LogP) is 3.73. The van der Waals surface area contributed by atoms with Gasteiger partial charge in [-0.3, -0.25) is 10.4 Å². The van der Waals surface area contributed by atoms with Gasteiger partial charge in [-0.1, -0.05) is 0 Å². The molecule has 0 saturated carbocycles. The zero-order valence-electron chi connectivity index (χ0n) is 12.6. The van der Waals surface area contributed by atoms with Crippen molar-refractivity contribution in [2.45, 2.75) is 0 Å². The zero-order valence-corrected chi connectivity index (χ0v) is 12.6. The molecule has 4 aromatic rings. The summed E-state index contributed by atoms with van der Waals surface area (Å²) in [5.74, 6) is 0.551. The highest BCUT2D eigenvalue weighted by molar-refractivity contribution is 5.80. The van der Waals surface area contributed by atoms with Crippen LogP contribution in [0.1, 0.15) is 5.56 Å². The van der Waals surface area contributed by atoms with Gasteiger partial charge in [-0.25, -0.2) is 4.98 Å². The van der Waals surface area contributed by atoms with Gasteiger partial charge in [0, 0.05) is 24.2 Å². The largest absolute Gasteiger partial charge is 0.434 e. The molecule has 116 valence electrons. The Kier molecular flexibility index (Phi) is 3.69. The number of benzene rings is 1. The molecule has 0 aliphatic carbocycles. The van der Waals surface area contributed by atoms with Crippen molar-refractivity contribution >= 4 is 23.1 Å². The number of anilines is 1. The lowest BCUT2D eigenvalue weighted by Crippen LogP contribution is -1.90. The van der Waals surface area contributed by atoms with Crippen LogP contribution in [0, 0.1) is 0 Å². The van der Waals surface area contributed by atoms with Gasteiger partial charge in [0.05, 0.1) is 11.9 Å². The summed E-state index contributed by atoms with van der Waals surface area (Å²) in [6, 6.07) is 15.1. The number of rotatable bonds is 4. The molecule has 0 unspecified atom stereocenters. The molecule has 0 saturated heterocycles. The molecular weight excluding hydrogens is 302 g/mol. The summed E-state index contributed by atoms with van der Waals surface area (Å²) < 4.78 is 5.70. The van der Waals surface area contributed by atoms with Gasteiger partial charge in [0.15, 0.2) is 11.2 Å². The molecule has 0 bridgehead atoms. The van der Waals surface area contributed by atoms with Crippen LogP contribution < -0.4 is 5.43 Å². The minimum atomic E-state index is 0.551. The standard InChI is InChI=1S/C18H13N5O/c1-2-16-17(20-9-1)22-18(24-16)14-3-5-15(6-4-14)23-21-12-13-7-10-19-11-8-13/h1-12,23H. The van der Waals surface area contributed by atoms with E-state index < -0.39 is 0 Å². The van der Waals surface area contributed by atoms with Crippen LogP contribution in [0.2, 0.25) is 0 Å². The number of pyridine rings is 2. The fourth-order valence-electron chi connectivity index (χ4n) is 2.21. The molecule has 0 spiro atoms. The lowest BCUT2D eigenvalue weighted by molar-refractivity contribution is 0.619. The Hall–Kier alpha value is -3.54. The third-order valence-corrected chi connectivity index (χ3v) is 3.41.